The second kappa shape index (κ2) is 8.55. The van der Waals surface area contributed by atoms with E-state index in [1.807, 2.05) is 12.1 Å². The fourth-order valence-corrected chi connectivity index (χ4v) is 4.27. The molecule has 0 radical (unpaired) electrons. The monoisotopic (exact) mass is 478 g/mol. The molecule has 172 valence electrons. The van der Waals surface area contributed by atoms with E-state index in [-0.39, 0.29) is 5.82 Å². The van der Waals surface area contributed by atoms with E-state index in [9.17, 15) is 26.0 Å². The first-order valence-corrected chi connectivity index (χ1v) is 11.3. The van der Waals surface area contributed by atoms with Crippen LogP contribution in [0.25, 0.3) is 11.1 Å². The third-order valence-electron chi connectivity index (χ3n) is 5.35. The maximum Gasteiger partial charge on any atom is 0.534 e. The zero-order chi connectivity index (χ0) is 23.8. The number of hydrogen-bond acceptors (Lipinski definition) is 4. The topological polar surface area (TPSA) is 52.6 Å². The van der Waals surface area contributed by atoms with Crippen LogP contribution in [0.4, 0.5) is 17.6 Å². The normalized spacial score (nSPS) is 14.1. The van der Waals surface area contributed by atoms with Crippen LogP contribution in [0.15, 0.2) is 66.7 Å². The summed E-state index contributed by atoms with van der Waals surface area (Å²) in [5.41, 5.74) is -0.385. The summed E-state index contributed by atoms with van der Waals surface area (Å²) in [5.74, 6) is -0.126. The summed E-state index contributed by atoms with van der Waals surface area (Å²) in [7, 11) is -4.20. The molecule has 0 saturated heterocycles. The summed E-state index contributed by atoms with van der Waals surface area (Å²) in [4.78, 5) is 0. The maximum atomic E-state index is 13.5. The first-order valence-electron chi connectivity index (χ1n) is 9.86. The van der Waals surface area contributed by atoms with Gasteiger partial charge in [0.2, 0.25) is 0 Å². The zero-order valence-corrected chi connectivity index (χ0v) is 18.1. The number of hydrogen-bond donors (Lipinski definition) is 0. The van der Waals surface area contributed by atoms with Crippen molar-refractivity contribution in [1.29, 1.82) is 0 Å². The van der Waals surface area contributed by atoms with Gasteiger partial charge in [0.15, 0.2) is 0 Å². The molecule has 0 bridgehead atoms. The second-order valence-electron chi connectivity index (χ2n) is 7.39. The summed E-state index contributed by atoms with van der Waals surface area (Å²) in [6.45, 7) is 0. The highest BCUT2D eigenvalue weighted by molar-refractivity contribution is 7.88. The number of aryl methyl sites for hydroxylation is 1. The first-order chi connectivity index (χ1) is 15.6. The molecule has 0 aliphatic heterocycles. The quantitative estimate of drug-likeness (QED) is 0.258. The number of halogens is 4. The Morgan fingerprint density at radius 3 is 2.03 bits per heavy atom. The van der Waals surface area contributed by atoms with Crippen molar-refractivity contribution in [2.75, 3.05) is 7.11 Å². The highest BCUT2D eigenvalue weighted by atomic mass is 32.2. The molecule has 0 spiro atoms. The molecule has 0 atom stereocenters. The molecule has 3 aromatic carbocycles. The molecule has 3 aromatic rings. The summed E-state index contributed by atoms with van der Waals surface area (Å²) in [6, 6.07) is 17.0. The molecule has 1 aliphatic rings. The lowest BCUT2D eigenvalue weighted by Crippen LogP contribution is -2.28. The Kier molecular flexibility index (Phi) is 5.92. The van der Waals surface area contributed by atoms with Gasteiger partial charge in [0, 0.05) is 0 Å². The molecule has 4 rings (SSSR count). The minimum atomic E-state index is -5.76. The van der Waals surface area contributed by atoms with Crippen LogP contribution < -0.4 is 8.92 Å². The van der Waals surface area contributed by atoms with Crippen LogP contribution in [0.3, 0.4) is 0 Å². The fourth-order valence-electron chi connectivity index (χ4n) is 3.82. The third-order valence-corrected chi connectivity index (χ3v) is 6.33. The molecular weight excluding hydrogens is 460 g/mol. The molecule has 0 saturated carbocycles. The fraction of sp³-hybridized carbons (Fsp3) is 0.167. The third kappa shape index (κ3) is 4.59. The predicted molar refractivity (Wildman–Crippen MR) is 116 cm³/mol. The Morgan fingerprint density at radius 1 is 0.818 bits per heavy atom. The SMILES string of the molecule is COc1ccc2c(c1)CCC(c1ccc(F)cc1)=C2c1ccc(OS(=O)(=O)C(F)(F)F)cc1. The summed E-state index contributed by atoms with van der Waals surface area (Å²) in [6.07, 6.45) is 1.36. The number of fused-ring (bicyclic) bond motifs is 1. The molecule has 4 nitrogen and oxygen atoms in total. The molecule has 0 fully saturated rings. The molecule has 0 heterocycles. The number of benzene rings is 3. The molecule has 0 unspecified atom stereocenters. The van der Waals surface area contributed by atoms with E-state index in [4.69, 9.17) is 4.74 Å². The van der Waals surface area contributed by atoms with Gasteiger partial charge in [-0.15, -0.1) is 0 Å². The highest BCUT2D eigenvalue weighted by Gasteiger charge is 2.48. The van der Waals surface area contributed by atoms with Crippen LogP contribution in [0, 0.1) is 5.82 Å². The lowest BCUT2D eigenvalue weighted by molar-refractivity contribution is -0.0500. The van der Waals surface area contributed by atoms with Crippen molar-refractivity contribution in [2.45, 2.75) is 18.3 Å². The first kappa shape index (κ1) is 22.8. The molecule has 33 heavy (non-hydrogen) atoms. The van der Waals surface area contributed by atoms with Crippen LogP contribution in [-0.4, -0.2) is 21.0 Å². The van der Waals surface area contributed by atoms with Crippen LogP contribution in [-0.2, 0) is 16.5 Å². The van der Waals surface area contributed by atoms with Gasteiger partial charge in [-0.05, 0) is 82.6 Å². The van der Waals surface area contributed by atoms with Crippen LogP contribution in [0.2, 0.25) is 0 Å². The van der Waals surface area contributed by atoms with E-state index in [1.54, 1.807) is 25.3 Å². The number of alkyl halides is 3. The Bertz CT molecular complexity index is 1310. The van der Waals surface area contributed by atoms with Gasteiger partial charge in [0.1, 0.15) is 17.3 Å². The van der Waals surface area contributed by atoms with Crippen molar-refractivity contribution in [2.24, 2.45) is 0 Å². The van der Waals surface area contributed by atoms with Crippen LogP contribution >= 0.6 is 0 Å². The number of ether oxygens (including phenoxy) is 1. The van der Waals surface area contributed by atoms with Gasteiger partial charge in [-0.25, -0.2) is 4.39 Å². The molecule has 9 heteroatoms. The van der Waals surface area contributed by atoms with Gasteiger partial charge in [-0.1, -0.05) is 30.3 Å². The standard InChI is InChI=1S/C24H18F4O4S/c1-31-20-11-13-22-17(14-20)6-12-21(15-2-7-18(25)8-3-15)23(22)16-4-9-19(10-5-16)32-33(29,30)24(26,27)28/h2-5,7-11,13-14H,6,12H2,1H3. The van der Waals surface area contributed by atoms with Gasteiger partial charge in [0.25, 0.3) is 0 Å². The zero-order valence-electron chi connectivity index (χ0n) is 17.3. The summed E-state index contributed by atoms with van der Waals surface area (Å²) < 4.78 is 83.5. The van der Waals surface area contributed by atoms with Crippen LogP contribution in [0.1, 0.15) is 28.7 Å². The van der Waals surface area contributed by atoms with E-state index in [2.05, 4.69) is 4.18 Å². The van der Waals surface area contributed by atoms with Gasteiger partial charge in [-0.2, -0.15) is 21.6 Å². The minimum absolute atomic E-state index is 0.366. The van der Waals surface area contributed by atoms with Crippen molar-refractivity contribution in [3.63, 3.8) is 0 Å². The molecule has 0 amide bonds. The molecule has 1 aliphatic carbocycles. The molecule has 0 aromatic heterocycles. The number of allylic oxidation sites excluding steroid dienone is 1. The van der Waals surface area contributed by atoms with Crippen molar-refractivity contribution in [3.05, 3.63) is 94.8 Å². The minimum Gasteiger partial charge on any atom is -0.497 e. The van der Waals surface area contributed by atoms with E-state index in [0.717, 1.165) is 27.8 Å². The van der Waals surface area contributed by atoms with E-state index < -0.39 is 21.4 Å². The summed E-state index contributed by atoms with van der Waals surface area (Å²) in [5, 5.41) is 0. The molecular formula is C24H18F4O4S. The lowest BCUT2D eigenvalue weighted by atomic mass is 9.79. The number of rotatable bonds is 5. The van der Waals surface area contributed by atoms with Crippen LogP contribution in [0.5, 0.6) is 11.5 Å². The summed E-state index contributed by atoms with van der Waals surface area (Å²) >= 11 is 0. The smallest absolute Gasteiger partial charge is 0.497 e. The highest BCUT2D eigenvalue weighted by Crippen LogP contribution is 2.42. The van der Waals surface area contributed by atoms with E-state index in [0.29, 0.717) is 24.2 Å². The van der Waals surface area contributed by atoms with Crippen molar-refractivity contribution in [1.82, 2.24) is 0 Å². The predicted octanol–water partition coefficient (Wildman–Crippen LogP) is 5.97. The van der Waals surface area contributed by atoms with Gasteiger partial charge in [-0.3, -0.25) is 0 Å². The Balaban J connectivity index is 1.81. The van der Waals surface area contributed by atoms with Crippen molar-refractivity contribution >= 4 is 21.3 Å². The van der Waals surface area contributed by atoms with E-state index in [1.165, 1.54) is 36.4 Å². The Morgan fingerprint density at radius 2 is 1.42 bits per heavy atom. The maximum absolute atomic E-state index is 13.5. The van der Waals surface area contributed by atoms with Crippen molar-refractivity contribution in [3.8, 4) is 11.5 Å². The van der Waals surface area contributed by atoms with Crippen molar-refractivity contribution < 1.29 is 34.9 Å². The second-order valence-corrected chi connectivity index (χ2v) is 8.93. The van der Waals surface area contributed by atoms with E-state index >= 15 is 0 Å². The average Bonchev–Trinajstić information content (AvgIpc) is 2.78. The average molecular weight is 478 g/mol. The Hall–Kier alpha value is -3.33. The van der Waals surface area contributed by atoms with Gasteiger partial charge >= 0.3 is 15.6 Å². The van der Waals surface area contributed by atoms with Gasteiger partial charge < -0.3 is 8.92 Å². The lowest BCUT2D eigenvalue weighted by Gasteiger charge is -2.25. The molecule has 0 N–H and O–H groups in total. The Labute approximate surface area is 188 Å². The van der Waals surface area contributed by atoms with Gasteiger partial charge in [0.05, 0.1) is 7.11 Å². The number of methoxy groups -OCH3 is 1. The largest absolute Gasteiger partial charge is 0.534 e.